The van der Waals surface area contributed by atoms with Crippen molar-refractivity contribution >= 4 is 11.6 Å². The molecule has 5 heteroatoms. The van der Waals surface area contributed by atoms with Gasteiger partial charge in [-0.2, -0.15) is 5.10 Å². The minimum atomic E-state index is -0.991. The number of halogens is 1. The van der Waals surface area contributed by atoms with E-state index in [0.717, 1.165) is 24.4 Å². The van der Waals surface area contributed by atoms with E-state index in [0.29, 0.717) is 11.4 Å². The molecule has 0 aliphatic carbocycles. The highest BCUT2D eigenvalue weighted by molar-refractivity contribution is 6.31. The summed E-state index contributed by atoms with van der Waals surface area (Å²) in [6, 6.07) is 0. The van der Waals surface area contributed by atoms with E-state index >= 15 is 0 Å². The van der Waals surface area contributed by atoms with Crippen LogP contribution < -0.4 is 5.73 Å². The topological polar surface area (TPSA) is 64.1 Å². The van der Waals surface area contributed by atoms with Crippen LogP contribution in [0.3, 0.4) is 0 Å². The van der Waals surface area contributed by atoms with Gasteiger partial charge in [-0.3, -0.25) is 4.68 Å². The lowest BCUT2D eigenvalue weighted by Gasteiger charge is -2.39. The van der Waals surface area contributed by atoms with Crippen LogP contribution in [0.15, 0.2) is 0 Å². The van der Waals surface area contributed by atoms with Crippen LogP contribution in [-0.4, -0.2) is 27.0 Å². The first kappa shape index (κ1) is 16.5. The van der Waals surface area contributed by atoms with E-state index in [1.807, 2.05) is 39.3 Å². The van der Waals surface area contributed by atoms with E-state index in [4.69, 9.17) is 17.3 Å². The standard InChI is InChI=1S/C14H26ClN3O/c1-6-10-12(15)11(18(7-2)17-10)8-14(19,9-16)13(3,4)5/h19H,6-9,16H2,1-5H3. The highest BCUT2D eigenvalue weighted by Crippen LogP contribution is 2.35. The van der Waals surface area contributed by atoms with E-state index in [-0.39, 0.29) is 12.0 Å². The lowest BCUT2D eigenvalue weighted by atomic mass is 9.73. The predicted molar refractivity (Wildman–Crippen MR) is 79.5 cm³/mol. The summed E-state index contributed by atoms with van der Waals surface area (Å²) in [4.78, 5) is 0. The SMILES string of the molecule is CCc1nn(CC)c(CC(O)(CN)C(C)(C)C)c1Cl. The number of aryl methyl sites for hydroxylation is 2. The lowest BCUT2D eigenvalue weighted by Crippen LogP contribution is -2.51. The normalized spacial score (nSPS) is 15.6. The molecule has 0 aliphatic heterocycles. The Labute approximate surface area is 120 Å². The van der Waals surface area contributed by atoms with Gasteiger partial charge in [-0.05, 0) is 18.8 Å². The monoisotopic (exact) mass is 287 g/mol. The lowest BCUT2D eigenvalue weighted by molar-refractivity contribution is -0.0504. The number of aromatic nitrogens is 2. The van der Waals surface area contributed by atoms with E-state index in [1.54, 1.807) is 0 Å². The van der Waals surface area contributed by atoms with Crippen molar-refractivity contribution in [2.75, 3.05) is 6.54 Å². The number of hydrogen-bond donors (Lipinski definition) is 2. The van der Waals surface area contributed by atoms with Crippen LogP contribution in [0.1, 0.15) is 46.0 Å². The maximum absolute atomic E-state index is 10.8. The molecular formula is C14H26ClN3O. The molecule has 0 spiro atoms. The first-order valence-corrected chi connectivity index (χ1v) is 7.24. The van der Waals surface area contributed by atoms with Crippen LogP contribution in [0.4, 0.5) is 0 Å². The molecule has 1 heterocycles. The molecule has 3 N–H and O–H groups in total. The number of nitrogens with two attached hydrogens (primary N) is 1. The van der Waals surface area contributed by atoms with Gasteiger partial charge in [0.15, 0.2) is 0 Å². The second-order valence-corrected chi connectivity index (χ2v) is 6.42. The van der Waals surface area contributed by atoms with Crippen LogP contribution in [0.25, 0.3) is 0 Å². The van der Waals surface area contributed by atoms with Gasteiger partial charge >= 0.3 is 0 Å². The Morgan fingerprint density at radius 2 is 1.89 bits per heavy atom. The summed E-state index contributed by atoms with van der Waals surface area (Å²) in [6.07, 6.45) is 1.21. The summed E-state index contributed by atoms with van der Waals surface area (Å²) in [5, 5.41) is 16.0. The summed E-state index contributed by atoms with van der Waals surface area (Å²) < 4.78 is 1.87. The molecule has 0 saturated heterocycles. The molecule has 19 heavy (non-hydrogen) atoms. The van der Waals surface area contributed by atoms with Crippen molar-refractivity contribution in [1.29, 1.82) is 0 Å². The molecule has 0 aromatic carbocycles. The van der Waals surface area contributed by atoms with Crippen molar-refractivity contribution in [3.8, 4) is 0 Å². The van der Waals surface area contributed by atoms with Gasteiger partial charge in [0.25, 0.3) is 0 Å². The molecule has 0 radical (unpaired) electrons. The fourth-order valence-electron chi connectivity index (χ4n) is 2.11. The molecule has 1 atom stereocenters. The third-order valence-electron chi connectivity index (χ3n) is 3.89. The Hall–Kier alpha value is -0.580. The molecule has 4 nitrogen and oxygen atoms in total. The largest absolute Gasteiger partial charge is 0.388 e. The highest BCUT2D eigenvalue weighted by atomic mass is 35.5. The third kappa shape index (κ3) is 3.12. The Morgan fingerprint density at radius 3 is 2.26 bits per heavy atom. The van der Waals surface area contributed by atoms with E-state index in [9.17, 15) is 5.11 Å². The third-order valence-corrected chi connectivity index (χ3v) is 4.32. The van der Waals surface area contributed by atoms with Gasteiger partial charge in [-0.15, -0.1) is 0 Å². The molecule has 0 saturated carbocycles. The number of hydrogen-bond acceptors (Lipinski definition) is 3. The molecular weight excluding hydrogens is 262 g/mol. The van der Waals surface area contributed by atoms with Gasteiger partial charge in [0.05, 0.1) is 22.0 Å². The molecule has 1 rings (SSSR count). The van der Waals surface area contributed by atoms with Gasteiger partial charge in [0.1, 0.15) is 0 Å². The van der Waals surface area contributed by atoms with Crippen LogP contribution >= 0.6 is 11.6 Å². The Bertz CT molecular complexity index is 437. The second-order valence-electron chi connectivity index (χ2n) is 6.04. The summed E-state index contributed by atoms with van der Waals surface area (Å²) >= 11 is 6.39. The zero-order valence-corrected chi connectivity index (χ0v) is 13.4. The molecule has 0 bridgehead atoms. The average Bonchev–Trinajstić information content (AvgIpc) is 2.64. The first-order valence-electron chi connectivity index (χ1n) is 6.86. The summed E-state index contributed by atoms with van der Waals surface area (Å²) in [7, 11) is 0. The molecule has 0 amide bonds. The van der Waals surface area contributed by atoms with Gasteiger partial charge < -0.3 is 10.8 Å². The molecule has 1 unspecified atom stereocenters. The van der Waals surface area contributed by atoms with Crippen molar-refractivity contribution in [3.05, 3.63) is 16.4 Å². The number of nitrogens with zero attached hydrogens (tertiary/aromatic N) is 2. The fraction of sp³-hybridized carbons (Fsp3) is 0.786. The number of rotatable bonds is 5. The van der Waals surface area contributed by atoms with Crippen molar-refractivity contribution < 1.29 is 5.11 Å². The fourth-order valence-corrected chi connectivity index (χ4v) is 2.44. The first-order chi connectivity index (χ1) is 8.70. The number of aliphatic hydroxyl groups is 1. The van der Waals surface area contributed by atoms with Gasteiger partial charge in [0.2, 0.25) is 0 Å². The Kier molecular flexibility index (Phi) is 5.04. The van der Waals surface area contributed by atoms with Crippen LogP contribution in [0.5, 0.6) is 0 Å². The quantitative estimate of drug-likeness (QED) is 0.874. The molecule has 110 valence electrons. The maximum Gasteiger partial charge on any atom is 0.0872 e. The van der Waals surface area contributed by atoms with Crippen LogP contribution in [-0.2, 0) is 19.4 Å². The molecule has 0 aliphatic rings. The second kappa shape index (κ2) is 5.81. The highest BCUT2D eigenvalue weighted by Gasteiger charge is 2.40. The van der Waals surface area contributed by atoms with Crippen molar-refractivity contribution in [3.63, 3.8) is 0 Å². The van der Waals surface area contributed by atoms with Gasteiger partial charge in [0, 0.05) is 19.5 Å². The Balaban J connectivity index is 3.21. The minimum absolute atomic E-state index is 0.198. The van der Waals surface area contributed by atoms with Crippen molar-refractivity contribution in [1.82, 2.24) is 9.78 Å². The van der Waals surface area contributed by atoms with Gasteiger partial charge in [-0.1, -0.05) is 39.3 Å². The summed E-state index contributed by atoms with van der Waals surface area (Å²) in [6.45, 7) is 10.9. The molecule has 1 aromatic rings. The maximum atomic E-state index is 10.8. The average molecular weight is 288 g/mol. The van der Waals surface area contributed by atoms with Crippen LogP contribution in [0.2, 0.25) is 5.02 Å². The summed E-state index contributed by atoms with van der Waals surface area (Å²) in [5.74, 6) is 0. The van der Waals surface area contributed by atoms with Crippen LogP contribution in [0, 0.1) is 5.41 Å². The van der Waals surface area contributed by atoms with E-state index < -0.39 is 5.60 Å². The van der Waals surface area contributed by atoms with Crippen molar-refractivity contribution in [2.24, 2.45) is 11.1 Å². The van der Waals surface area contributed by atoms with Gasteiger partial charge in [-0.25, -0.2) is 0 Å². The molecule has 0 fully saturated rings. The van der Waals surface area contributed by atoms with Crippen molar-refractivity contribution in [2.45, 2.75) is 59.6 Å². The van der Waals surface area contributed by atoms with E-state index in [1.165, 1.54) is 0 Å². The predicted octanol–water partition coefficient (Wildman–Crippen LogP) is 2.40. The Morgan fingerprint density at radius 1 is 1.32 bits per heavy atom. The molecule has 1 aromatic heterocycles. The zero-order valence-electron chi connectivity index (χ0n) is 12.6. The summed E-state index contributed by atoms with van der Waals surface area (Å²) in [5.41, 5.74) is 6.25. The smallest absolute Gasteiger partial charge is 0.0872 e. The zero-order chi connectivity index (χ0) is 14.8. The minimum Gasteiger partial charge on any atom is -0.388 e. The van der Waals surface area contributed by atoms with E-state index in [2.05, 4.69) is 5.10 Å².